The van der Waals surface area contributed by atoms with Crippen molar-refractivity contribution in [2.45, 2.75) is 33.2 Å². The molecule has 2 unspecified atom stereocenters. The Labute approximate surface area is 124 Å². The Bertz CT molecular complexity index is 566. The second-order valence-electron chi connectivity index (χ2n) is 5.60. The van der Waals surface area contributed by atoms with Gasteiger partial charge in [0.05, 0.1) is 11.8 Å². The van der Waals surface area contributed by atoms with Crippen LogP contribution in [0.1, 0.15) is 32.3 Å². The summed E-state index contributed by atoms with van der Waals surface area (Å²) in [7, 11) is 0. The van der Waals surface area contributed by atoms with E-state index < -0.39 is 17.8 Å². The third-order valence-corrected chi connectivity index (χ3v) is 4.11. The van der Waals surface area contributed by atoms with E-state index in [1.54, 1.807) is 18.5 Å². The number of rotatable bonds is 4. The molecule has 2 N–H and O–H groups in total. The number of carboxylic acids is 1. The zero-order valence-corrected chi connectivity index (χ0v) is 12.3. The second kappa shape index (κ2) is 6.52. The Morgan fingerprint density at radius 2 is 1.95 bits per heavy atom. The standard InChI is InChI=1S/C16H20N2O3/c1-10-6-13(14(16(20)21)7-11(10)2)15(19)18-9-12-4-3-5-17-8-12/h3-5,8,13-14H,6-7,9H2,1-2H3,(H,18,19)(H,20,21). The topological polar surface area (TPSA) is 79.3 Å². The number of pyridine rings is 1. The van der Waals surface area contributed by atoms with Crippen LogP contribution in [-0.4, -0.2) is 22.0 Å². The van der Waals surface area contributed by atoms with Gasteiger partial charge in [0.15, 0.2) is 0 Å². The number of aliphatic carboxylic acids is 1. The second-order valence-corrected chi connectivity index (χ2v) is 5.60. The molecule has 21 heavy (non-hydrogen) atoms. The lowest BCUT2D eigenvalue weighted by Gasteiger charge is -2.29. The minimum absolute atomic E-state index is 0.196. The molecule has 5 nitrogen and oxygen atoms in total. The minimum atomic E-state index is -0.900. The first kappa shape index (κ1) is 15.2. The highest BCUT2D eigenvalue weighted by molar-refractivity contribution is 5.85. The number of carbonyl (C=O) groups is 2. The molecule has 5 heteroatoms. The highest BCUT2D eigenvalue weighted by Crippen LogP contribution is 2.34. The fourth-order valence-corrected chi connectivity index (χ4v) is 2.65. The Balaban J connectivity index is 2.04. The van der Waals surface area contributed by atoms with Gasteiger partial charge in [-0.25, -0.2) is 0 Å². The van der Waals surface area contributed by atoms with Gasteiger partial charge in [0.1, 0.15) is 0 Å². The number of amides is 1. The molecule has 112 valence electrons. The van der Waals surface area contributed by atoms with Gasteiger partial charge in [0.25, 0.3) is 0 Å². The molecular formula is C16H20N2O3. The summed E-state index contributed by atoms with van der Waals surface area (Å²) in [6.07, 6.45) is 4.32. The van der Waals surface area contributed by atoms with Gasteiger partial charge in [-0.15, -0.1) is 0 Å². The van der Waals surface area contributed by atoms with Crippen molar-refractivity contribution >= 4 is 11.9 Å². The number of nitrogens with zero attached hydrogens (tertiary/aromatic N) is 1. The van der Waals surface area contributed by atoms with E-state index >= 15 is 0 Å². The zero-order chi connectivity index (χ0) is 15.4. The molecule has 0 aromatic carbocycles. The highest BCUT2D eigenvalue weighted by Gasteiger charge is 2.37. The van der Waals surface area contributed by atoms with Gasteiger partial charge in [-0.1, -0.05) is 17.2 Å². The summed E-state index contributed by atoms with van der Waals surface area (Å²) in [5.41, 5.74) is 3.10. The van der Waals surface area contributed by atoms with Crippen LogP contribution in [0.4, 0.5) is 0 Å². The lowest BCUT2D eigenvalue weighted by molar-refractivity contribution is -0.147. The fourth-order valence-electron chi connectivity index (χ4n) is 2.65. The Hall–Kier alpha value is -2.17. The van der Waals surface area contributed by atoms with E-state index in [-0.39, 0.29) is 5.91 Å². The molecule has 0 aliphatic heterocycles. The van der Waals surface area contributed by atoms with Crippen LogP contribution in [0.3, 0.4) is 0 Å². The van der Waals surface area contributed by atoms with E-state index in [4.69, 9.17) is 0 Å². The van der Waals surface area contributed by atoms with Gasteiger partial charge < -0.3 is 10.4 Å². The quantitative estimate of drug-likeness (QED) is 0.832. The van der Waals surface area contributed by atoms with Gasteiger partial charge in [-0.3, -0.25) is 14.6 Å². The molecule has 1 amide bonds. The average Bonchev–Trinajstić information content (AvgIpc) is 2.48. The van der Waals surface area contributed by atoms with Crippen LogP contribution in [0.25, 0.3) is 0 Å². The van der Waals surface area contributed by atoms with Crippen LogP contribution in [-0.2, 0) is 16.1 Å². The summed E-state index contributed by atoms with van der Waals surface area (Å²) in [5, 5.41) is 12.2. The Morgan fingerprint density at radius 1 is 1.29 bits per heavy atom. The largest absolute Gasteiger partial charge is 0.481 e. The Morgan fingerprint density at radius 3 is 2.52 bits per heavy atom. The van der Waals surface area contributed by atoms with Gasteiger partial charge in [0.2, 0.25) is 5.91 Å². The molecule has 0 saturated carbocycles. The molecule has 0 radical (unpaired) electrons. The van der Waals surface area contributed by atoms with Gasteiger partial charge in [0, 0.05) is 18.9 Å². The number of carbonyl (C=O) groups excluding carboxylic acids is 1. The first-order valence-electron chi connectivity index (χ1n) is 7.03. The van der Waals surface area contributed by atoms with Crippen molar-refractivity contribution in [1.29, 1.82) is 0 Å². The van der Waals surface area contributed by atoms with Crippen molar-refractivity contribution in [2.24, 2.45) is 11.8 Å². The first-order chi connectivity index (χ1) is 9.99. The van der Waals surface area contributed by atoms with Crippen LogP contribution in [0.5, 0.6) is 0 Å². The maximum absolute atomic E-state index is 12.3. The van der Waals surface area contributed by atoms with Crippen LogP contribution in [0.15, 0.2) is 35.7 Å². The average molecular weight is 288 g/mol. The highest BCUT2D eigenvalue weighted by atomic mass is 16.4. The summed E-state index contributed by atoms with van der Waals surface area (Å²) in [6.45, 7) is 4.28. The number of hydrogen-bond acceptors (Lipinski definition) is 3. The van der Waals surface area contributed by atoms with Crippen LogP contribution in [0.2, 0.25) is 0 Å². The molecule has 1 aliphatic carbocycles. The number of hydrogen-bond donors (Lipinski definition) is 2. The summed E-state index contributed by atoms with van der Waals surface area (Å²) >= 11 is 0. The van der Waals surface area contributed by atoms with E-state index in [0.29, 0.717) is 19.4 Å². The molecule has 2 atom stereocenters. The number of aromatic nitrogens is 1. The van der Waals surface area contributed by atoms with Crippen molar-refractivity contribution in [2.75, 3.05) is 0 Å². The number of allylic oxidation sites excluding steroid dienone is 2. The first-order valence-corrected chi connectivity index (χ1v) is 7.03. The van der Waals surface area contributed by atoms with Gasteiger partial charge in [-0.2, -0.15) is 0 Å². The predicted molar refractivity (Wildman–Crippen MR) is 78.3 cm³/mol. The zero-order valence-electron chi connectivity index (χ0n) is 12.3. The summed E-state index contributed by atoms with van der Waals surface area (Å²) in [5.74, 6) is -2.23. The molecule has 2 rings (SSSR count). The minimum Gasteiger partial charge on any atom is -0.481 e. The predicted octanol–water partition coefficient (Wildman–Crippen LogP) is 2.15. The van der Waals surface area contributed by atoms with Crippen molar-refractivity contribution in [3.05, 3.63) is 41.2 Å². The van der Waals surface area contributed by atoms with Crippen LogP contribution in [0, 0.1) is 11.8 Å². The van der Waals surface area contributed by atoms with E-state index in [1.807, 2.05) is 19.9 Å². The van der Waals surface area contributed by atoms with Crippen LogP contribution >= 0.6 is 0 Å². The van der Waals surface area contributed by atoms with Crippen molar-refractivity contribution in [3.8, 4) is 0 Å². The molecule has 1 heterocycles. The molecule has 1 aromatic rings. The van der Waals surface area contributed by atoms with Crippen molar-refractivity contribution < 1.29 is 14.7 Å². The number of carboxylic acid groups (broad SMARTS) is 1. The monoisotopic (exact) mass is 288 g/mol. The molecular weight excluding hydrogens is 268 g/mol. The SMILES string of the molecule is CC1=C(C)CC(C(=O)NCc2cccnc2)C(C(=O)O)C1. The normalized spacial score (nSPS) is 22.0. The van der Waals surface area contributed by atoms with E-state index in [0.717, 1.165) is 16.7 Å². The maximum atomic E-state index is 12.3. The molecule has 0 spiro atoms. The molecule has 0 fully saturated rings. The van der Waals surface area contributed by atoms with E-state index in [9.17, 15) is 14.7 Å². The summed E-state index contributed by atoms with van der Waals surface area (Å²) in [4.78, 5) is 27.7. The number of nitrogens with one attached hydrogen (secondary N) is 1. The third-order valence-electron chi connectivity index (χ3n) is 4.11. The van der Waals surface area contributed by atoms with E-state index in [1.165, 1.54) is 0 Å². The molecule has 0 bridgehead atoms. The van der Waals surface area contributed by atoms with E-state index in [2.05, 4.69) is 10.3 Å². The lowest BCUT2D eigenvalue weighted by Crippen LogP contribution is -2.39. The Kier molecular flexibility index (Phi) is 4.73. The molecule has 1 aromatic heterocycles. The summed E-state index contributed by atoms with van der Waals surface area (Å²) < 4.78 is 0. The van der Waals surface area contributed by atoms with Crippen LogP contribution < -0.4 is 5.32 Å². The molecule has 1 aliphatic rings. The van der Waals surface area contributed by atoms with Gasteiger partial charge >= 0.3 is 5.97 Å². The molecule has 0 saturated heterocycles. The smallest absolute Gasteiger partial charge is 0.307 e. The van der Waals surface area contributed by atoms with Crippen molar-refractivity contribution in [1.82, 2.24) is 10.3 Å². The third kappa shape index (κ3) is 3.68. The maximum Gasteiger partial charge on any atom is 0.307 e. The van der Waals surface area contributed by atoms with Crippen molar-refractivity contribution in [3.63, 3.8) is 0 Å². The van der Waals surface area contributed by atoms with Gasteiger partial charge in [-0.05, 0) is 38.3 Å². The lowest BCUT2D eigenvalue weighted by atomic mass is 9.76. The fraction of sp³-hybridized carbons (Fsp3) is 0.438. The summed E-state index contributed by atoms with van der Waals surface area (Å²) in [6, 6.07) is 3.68.